The predicted octanol–water partition coefficient (Wildman–Crippen LogP) is 3.72. The second kappa shape index (κ2) is 39.6. The van der Waals surface area contributed by atoms with Gasteiger partial charge in [0.2, 0.25) is 23.8 Å². The number of aliphatic hydroxyl groups excluding tert-OH is 1. The van der Waals surface area contributed by atoms with E-state index < -0.39 is 310 Å². The number of ether oxygens (including phenoxy) is 6. The number of aliphatic carboxylic acids is 6. The van der Waals surface area contributed by atoms with E-state index in [1.807, 2.05) is 0 Å². The average Bonchev–Trinajstić information content (AvgIpc) is 0.668. The summed E-state index contributed by atoms with van der Waals surface area (Å²) in [4.78, 5) is 241. The van der Waals surface area contributed by atoms with E-state index in [0.29, 0.717) is 0 Å². The van der Waals surface area contributed by atoms with Crippen LogP contribution in [0.4, 0.5) is 0 Å². The first-order valence-electron chi connectivity index (χ1n) is 37.5. The van der Waals surface area contributed by atoms with Crippen LogP contribution >= 0.6 is 0 Å². The fourth-order valence-corrected chi connectivity index (χ4v) is 15.5. The number of carbonyl (C=O) groups is 18. The summed E-state index contributed by atoms with van der Waals surface area (Å²) in [6.07, 6.45) is -21.7. The summed E-state index contributed by atoms with van der Waals surface area (Å²) in [6, 6.07) is 15.2. The molecule has 1 saturated heterocycles. The number of carboxylic acid groups (broad SMARTS) is 6. The Morgan fingerprint density at radius 2 is 1.04 bits per heavy atom. The van der Waals surface area contributed by atoms with Gasteiger partial charge in [0, 0.05) is 101 Å². The zero-order valence-electron chi connectivity index (χ0n) is 64.6. The summed E-state index contributed by atoms with van der Waals surface area (Å²) in [6.45, 7) is 8.43. The largest absolute Gasteiger partial charge is 0.481 e. The third kappa shape index (κ3) is 22.2. The first-order chi connectivity index (χ1) is 54.5. The van der Waals surface area contributed by atoms with E-state index in [0.717, 1.165) is 13.8 Å². The summed E-state index contributed by atoms with van der Waals surface area (Å²) in [7, 11) is 0. The van der Waals surface area contributed by atoms with Crippen molar-refractivity contribution in [3.8, 4) is 0 Å². The molecule has 0 spiro atoms. The third-order valence-electron chi connectivity index (χ3n) is 22.0. The molecule has 3 aliphatic carbocycles. The number of hydrogen-bond donors (Lipinski definition) is 12. The third-order valence-corrected chi connectivity index (χ3v) is 22.0. The molecule has 7 rings (SSSR count). The molecule has 3 aromatic carbocycles. The highest BCUT2D eigenvalue weighted by atomic mass is 16.6. The van der Waals surface area contributed by atoms with Crippen molar-refractivity contribution in [1.29, 1.82) is 0 Å². The molecule has 1 aliphatic heterocycles. The van der Waals surface area contributed by atoms with Crippen molar-refractivity contribution in [1.82, 2.24) is 21.3 Å². The minimum absolute atomic E-state index is 0.0198. The summed E-state index contributed by atoms with van der Waals surface area (Å²) in [5, 5.41) is 93.8. The van der Waals surface area contributed by atoms with Gasteiger partial charge in [-0.25, -0.2) is 24.0 Å². The molecule has 4 aliphatic rings. The molecule has 3 fully saturated rings. The number of nitrogens with one attached hydrogen (secondary N) is 4. The van der Waals surface area contributed by atoms with Crippen molar-refractivity contribution in [2.75, 3.05) is 6.61 Å². The highest BCUT2D eigenvalue weighted by Crippen LogP contribution is 2.64. The van der Waals surface area contributed by atoms with Gasteiger partial charge in [0.1, 0.15) is 59.6 Å². The highest BCUT2D eigenvalue weighted by molar-refractivity contribution is 5.98. The van der Waals surface area contributed by atoms with Crippen LogP contribution in [0.2, 0.25) is 0 Å². The second-order valence-corrected chi connectivity index (χ2v) is 30.2. The topological polar surface area (TPSA) is 573 Å². The van der Waals surface area contributed by atoms with Crippen LogP contribution in [0, 0.1) is 34.5 Å². The Kier molecular flexibility index (Phi) is 31.2. The predicted molar refractivity (Wildman–Crippen MR) is 394 cm³/mol. The maximum Gasteiger partial charge on any atom is 0.350 e. The number of Topliss-reactive ketones (excluding diaryl/α,β-unsaturated/α-hetero) is 3. The maximum absolute atomic E-state index is 16.0. The van der Waals surface area contributed by atoms with Gasteiger partial charge in [-0.2, -0.15) is 0 Å². The average molecular weight is 1630 g/mol. The van der Waals surface area contributed by atoms with Crippen molar-refractivity contribution in [2.45, 2.75) is 223 Å². The Labute approximate surface area is 664 Å². The lowest BCUT2D eigenvalue weighted by atomic mass is 9.44. The van der Waals surface area contributed by atoms with Gasteiger partial charge in [0.15, 0.2) is 17.5 Å². The van der Waals surface area contributed by atoms with Crippen molar-refractivity contribution >= 4 is 107 Å². The number of carbonyl (C=O) groups excluding carboxylic acids is 12. The zero-order valence-corrected chi connectivity index (χ0v) is 64.6. The number of fused-ring (bicyclic) bond motifs is 5. The van der Waals surface area contributed by atoms with Crippen LogP contribution in [0.25, 0.3) is 0 Å². The normalized spacial score (nSPS) is 23.7. The molecule has 116 heavy (non-hydrogen) atoms. The fraction of sp³-hybridized carbons (Fsp3) is 0.525. The second-order valence-electron chi connectivity index (χ2n) is 30.2. The molecule has 2 bridgehead atoms. The smallest absolute Gasteiger partial charge is 0.350 e. The first kappa shape index (κ1) is 91.5. The fourth-order valence-electron chi connectivity index (χ4n) is 15.5. The number of aliphatic hydroxyl groups is 2. The Morgan fingerprint density at radius 3 is 1.52 bits per heavy atom. The van der Waals surface area contributed by atoms with Gasteiger partial charge in [0.05, 0.1) is 35.5 Å². The molecule has 12 N–H and O–H groups in total. The molecular weight excluding hydrogens is 1530 g/mol. The lowest BCUT2D eigenvalue weighted by molar-refractivity contribution is -0.346. The number of ketones is 3. The number of benzene rings is 3. The summed E-state index contributed by atoms with van der Waals surface area (Å²) in [5.41, 5.74) is -9.12. The number of carboxylic acids is 6. The molecule has 3 aromatic rings. The number of hydrogen-bond acceptors (Lipinski definition) is 26. The van der Waals surface area contributed by atoms with E-state index in [-0.39, 0.29) is 40.7 Å². The van der Waals surface area contributed by atoms with Crippen molar-refractivity contribution < 1.29 is 156 Å². The van der Waals surface area contributed by atoms with E-state index >= 15 is 9.59 Å². The van der Waals surface area contributed by atoms with Gasteiger partial charge in [-0.15, -0.1) is 0 Å². The lowest BCUT2D eigenvalue weighted by Crippen LogP contribution is -2.82. The molecule has 6 unspecified atom stereocenters. The standard InChI is InChI=1S/C80H96N4O32/c1-40(23-29-57(90)81-49(72(102)103)26-32-60(93)94)52(87)35-47(24-30-58(91)82-50(73(104)105)27-33-61(95)96)53(88)36-48(71(100)101)25-31-59(92)83-51(74(106)107)28-34-62(97)114-66(64(44-17-11-8-12-18-44)84-70(99)45-19-13-9-14-20-45)76(109)113-54-38-80(110)69(115-75(108)46-21-15-10-16-22-46)67-78(7,55(89)37-56-79(67,39-111-56)116-43(4)86)68(98)65(112-42(3)85)63(41(54)2)77(80,5)6/h8-22,40,47-51,54-56,64-67,69,89,110H,23-39H2,1-7H3,(H,81,90)(H,82,91)(H,83,92)(H,84,99)(H,93,94)(H,95,96)(H,100,101)(H,102,103)(H,104,105)(H,106,107)/t40?,47?,48?,49?,50?,51?,54-,55-,56+,64-,65+,66+,67-,69-,78+,79-,80+/m0/s1. The van der Waals surface area contributed by atoms with Crippen molar-refractivity contribution in [3.05, 3.63) is 119 Å². The molecule has 17 atom stereocenters. The SMILES string of the molecule is CC(=O)O[C@H]1C(=O)[C@@]2(C)[C@H]([C@H](OC(=O)c3ccccc3)[C@]3(O)C[C@H](OC(=O)[C@H](OC(=O)CCC(NC(=O)CCC(CC(=O)C(CCC(=O)NC(CCC(=O)O)C(=O)O)CC(=O)C(C)CCC(=O)NC(CCC(=O)O)C(=O)O)C(=O)O)C(=O)O)[C@@H](NC(=O)c4ccccc4)c4ccccc4)C(C)=C1C3(C)C)[C@]1(OC(C)=O)CO[C@@H]1C[C@@H]2O. The molecule has 0 aromatic heterocycles. The quantitative estimate of drug-likeness (QED) is 0.0218. The van der Waals surface area contributed by atoms with Gasteiger partial charge in [-0.05, 0) is 93.3 Å². The van der Waals surface area contributed by atoms with Gasteiger partial charge in [-0.1, -0.05) is 87.5 Å². The van der Waals surface area contributed by atoms with Crippen LogP contribution in [0.15, 0.2) is 102 Å². The van der Waals surface area contributed by atoms with Crippen LogP contribution in [0.1, 0.15) is 184 Å². The lowest BCUT2D eigenvalue weighted by Gasteiger charge is -2.67. The van der Waals surface area contributed by atoms with Gasteiger partial charge in [-0.3, -0.25) is 62.3 Å². The van der Waals surface area contributed by atoms with Gasteiger partial charge in [0.25, 0.3) is 5.91 Å². The summed E-state index contributed by atoms with van der Waals surface area (Å²) in [5.74, 6) is -28.1. The van der Waals surface area contributed by atoms with E-state index in [1.54, 1.807) is 18.2 Å². The molecule has 2 saturated carbocycles. The molecule has 0 radical (unpaired) electrons. The van der Waals surface area contributed by atoms with Gasteiger partial charge < -0.3 is 90.5 Å². The Balaban J connectivity index is 1.17. The number of rotatable bonds is 42. The first-order valence-corrected chi connectivity index (χ1v) is 37.5. The molecule has 628 valence electrons. The van der Waals surface area contributed by atoms with Crippen LogP contribution in [-0.4, -0.2) is 220 Å². The van der Waals surface area contributed by atoms with Crippen LogP contribution in [0.5, 0.6) is 0 Å². The van der Waals surface area contributed by atoms with E-state index in [2.05, 4.69) is 21.3 Å². The maximum atomic E-state index is 16.0. The number of amides is 4. The minimum atomic E-state index is -2.68. The minimum Gasteiger partial charge on any atom is -0.481 e. The van der Waals surface area contributed by atoms with E-state index in [9.17, 15) is 107 Å². The summed E-state index contributed by atoms with van der Waals surface area (Å²) >= 11 is 0. The Hall–Kier alpha value is -11.7. The Morgan fingerprint density at radius 1 is 0.560 bits per heavy atom. The molecule has 36 nitrogen and oxygen atoms in total. The molecule has 1 heterocycles. The van der Waals surface area contributed by atoms with Crippen molar-refractivity contribution in [2.24, 2.45) is 34.5 Å². The number of esters is 5. The van der Waals surface area contributed by atoms with Gasteiger partial charge >= 0.3 is 65.7 Å². The monoisotopic (exact) mass is 1620 g/mol. The van der Waals surface area contributed by atoms with Crippen LogP contribution < -0.4 is 21.3 Å². The van der Waals surface area contributed by atoms with E-state index in [4.69, 9.17) is 38.6 Å². The molecule has 4 amide bonds. The molecule has 36 heteroatoms. The Bertz CT molecular complexity index is 4280. The van der Waals surface area contributed by atoms with Crippen LogP contribution in [0.3, 0.4) is 0 Å². The zero-order chi connectivity index (χ0) is 86.1. The summed E-state index contributed by atoms with van der Waals surface area (Å²) < 4.78 is 36.8. The van der Waals surface area contributed by atoms with Crippen LogP contribution in [-0.2, 0) is 105 Å². The highest BCUT2D eigenvalue weighted by Gasteiger charge is 2.78. The molecular formula is C80H96N4O32. The van der Waals surface area contributed by atoms with E-state index in [1.165, 1.54) is 107 Å². The van der Waals surface area contributed by atoms with Crippen molar-refractivity contribution in [3.63, 3.8) is 0 Å².